The lowest BCUT2D eigenvalue weighted by atomic mass is 10.0. The van der Waals surface area contributed by atoms with Crippen molar-refractivity contribution < 1.29 is 4.39 Å². The van der Waals surface area contributed by atoms with Crippen LogP contribution in [0.2, 0.25) is 0 Å². The van der Waals surface area contributed by atoms with Gasteiger partial charge in [0, 0.05) is 12.5 Å². The molecule has 2 nitrogen and oxygen atoms in total. The molecule has 56 valence electrons. The van der Waals surface area contributed by atoms with Gasteiger partial charge in [0.2, 0.25) is 0 Å². The first-order valence-corrected chi connectivity index (χ1v) is 3.49. The number of alkyl halides is 1. The normalized spacial score (nSPS) is 39.5. The highest BCUT2D eigenvalue weighted by Crippen LogP contribution is 2.36. The summed E-state index contributed by atoms with van der Waals surface area (Å²) in [6, 6.07) is 2.06. The van der Waals surface area contributed by atoms with Gasteiger partial charge in [-0.25, -0.2) is 4.39 Å². The van der Waals surface area contributed by atoms with E-state index in [1.165, 1.54) is 0 Å². The lowest BCUT2D eigenvalue weighted by molar-refractivity contribution is 0.180. The predicted molar refractivity (Wildman–Crippen MR) is 35.8 cm³/mol. The third-order valence-corrected chi connectivity index (χ3v) is 2.10. The van der Waals surface area contributed by atoms with Gasteiger partial charge < -0.3 is 5.73 Å². The number of hydrogen-bond donors (Lipinski definition) is 1. The first kappa shape index (κ1) is 7.49. The molecular weight excluding hydrogens is 131 g/mol. The molecule has 0 bridgehead atoms. The molecule has 1 rings (SSSR count). The van der Waals surface area contributed by atoms with Crippen molar-refractivity contribution in [2.45, 2.75) is 24.9 Å². The summed E-state index contributed by atoms with van der Waals surface area (Å²) in [4.78, 5) is 0. The highest BCUT2D eigenvalue weighted by molar-refractivity contribution is 4.98. The lowest BCUT2D eigenvalue weighted by Crippen LogP contribution is -2.29. The Balaban J connectivity index is 2.51. The van der Waals surface area contributed by atoms with E-state index in [1.54, 1.807) is 0 Å². The van der Waals surface area contributed by atoms with Gasteiger partial charge in [-0.2, -0.15) is 5.26 Å². The van der Waals surface area contributed by atoms with Crippen LogP contribution < -0.4 is 5.73 Å². The molecule has 2 N–H and O–H groups in total. The van der Waals surface area contributed by atoms with Crippen molar-refractivity contribution in [3.05, 3.63) is 0 Å². The van der Waals surface area contributed by atoms with Crippen LogP contribution >= 0.6 is 0 Å². The molecule has 0 radical (unpaired) electrons. The van der Waals surface area contributed by atoms with E-state index in [4.69, 9.17) is 11.0 Å². The van der Waals surface area contributed by atoms with Gasteiger partial charge in [0.25, 0.3) is 0 Å². The van der Waals surface area contributed by atoms with Gasteiger partial charge >= 0.3 is 0 Å². The summed E-state index contributed by atoms with van der Waals surface area (Å²) in [5.74, 6) is -0.103. The van der Waals surface area contributed by atoms with Gasteiger partial charge in [0.05, 0.1) is 6.07 Å². The fraction of sp³-hybridized carbons (Fsp3) is 0.857. The summed E-state index contributed by atoms with van der Waals surface area (Å²) in [6.45, 7) is 0.0607. The Labute approximate surface area is 59.8 Å². The molecule has 0 aromatic rings. The van der Waals surface area contributed by atoms with Gasteiger partial charge in [-0.15, -0.1) is 0 Å². The monoisotopic (exact) mass is 142 g/mol. The summed E-state index contributed by atoms with van der Waals surface area (Å²) in [5, 5.41) is 8.44. The maximum absolute atomic E-state index is 13.2. The molecule has 1 unspecified atom stereocenters. The maximum Gasteiger partial charge on any atom is 0.124 e. The molecule has 0 amide bonds. The molecule has 0 spiro atoms. The van der Waals surface area contributed by atoms with Crippen molar-refractivity contribution in [2.75, 3.05) is 6.54 Å². The topological polar surface area (TPSA) is 49.8 Å². The molecule has 0 aromatic heterocycles. The Morgan fingerprint density at radius 2 is 2.50 bits per heavy atom. The van der Waals surface area contributed by atoms with E-state index in [9.17, 15) is 4.39 Å². The number of nitriles is 1. The molecule has 2 atom stereocenters. The van der Waals surface area contributed by atoms with Crippen LogP contribution in [0.25, 0.3) is 0 Å². The number of rotatable bonds is 1. The first-order valence-electron chi connectivity index (χ1n) is 3.49. The molecule has 0 heterocycles. The van der Waals surface area contributed by atoms with Crippen LogP contribution in [-0.4, -0.2) is 12.2 Å². The molecule has 0 aromatic carbocycles. The number of halogens is 1. The average molecular weight is 142 g/mol. The third kappa shape index (κ3) is 1.27. The van der Waals surface area contributed by atoms with Crippen molar-refractivity contribution >= 4 is 0 Å². The quantitative estimate of drug-likeness (QED) is 0.593. The highest BCUT2D eigenvalue weighted by Gasteiger charge is 2.37. The largest absolute Gasteiger partial charge is 0.328 e. The van der Waals surface area contributed by atoms with Crippen molar-refractivity contribution in [1.29, 1.82) is 5.26 Å². The van der Waals surface area contributed by atoms with Crippen LogP contribution in [0, 0.1) is 17.2 Å². The van der Waals surface area contributed by atoms with Gasteiger partial charge in [-0.1, -0.05) is 0 Å². The van der Waals surface area contributed by atoms with Gasteiger partial charge in [0.15, 0.2) is 0 Å². The molecule has 1 aliphatic rings. The van der Waals surface area contributed by atoms with Gasteiger partial charge in [0.1, 0.15) is 5.67 Å². The second-order valence-corrected chi connectivity index (χ2v) is 2.92. The van der Waals surface area contributed by atoms with Crippen molar-refractivity contribution in [3.8, 4) is 6.07 Å². The summed E-state index contributed by atoms with van der Waals surface area (Å²) in [5.41, 5.74) is 3.96. The molecule has 3 heteroatoms. The molecule has 0 aliphatic heterocycles. The second kappa shape index (κ2) is 2.55. The fourth-order valence-corrected chi connectivity index (χ4v) is 1.37. The molecule has 0 saturated heterocycles. The minimum absolute atomic E-state index is 0.0607. The second-order valence-electron chi connectivity index (χ2n) is 2.92. The number of nitrogens with two attached hydrogens (primary N) is 1. The van der Waals surface area contributed by atoms with Crippen molar-refractivity contribution in [2.24, 2.45) is 11.7 Å². The Bertz CT molecular complexity index is 163. The average Bonchev–Trinajstić information content (AvgIpc) is 2.33. The number of nitrogens with zero attached hydrogens (tertiary/aromatic N) is 1. The van der Waals surface area contributed by atoms with Crippen molar-refractivity contribution in [3.63, 3.8) is 0 Å². The molecule has 10 heavy (non-hydrogen) atoms. The van der Waals surface area contributed by atoms with Crippen LogP contribution in [0.3, 0.4) is 0 Å². The zero-order valence-corrected chi connectivity index (χ0v) is 5.81. The van der Waals surface area contributed by atoms with Gasteiger partial charge in [-0.3, -0.25) is 0 Å². The van der Waals surface area contributed by atoms with E-state index in [0.29, 0.717) is 19.3 Å². The van der Waals surface area contributed by atoms with E-state index in [2.05, 4.69) is 6.07 Å². The molecule has 1 saturated carbocycles. The first-order chi connectivity index (χ1) is 4.70. The Kier molecular flexibility index (Phi) is 1.91. The minimum atomic E-state index is -1.24. The van der Waals surface area contributed by atoms with Crippen LogP contribution in [0.4, 0.5) is 4.39 Å². The SMILES string of the molecule is N#CC1CC[C@](F)(CN)C1. The predicted octanol–water partition coefficient (Wildman–Crippen LogP) is 0.977. The number of hydrogen-bond acceptors (Lipinski definition) is 2. The zero-order chi connectivity index (χ0) is 7.61. The van der Waals surface area contributed by atoms with Crippen molar-refractivity contribution in [1.82, 2.24) is 0 Å². The summed E-state index contributed by atoms with van der Waals surface area (Å²) in [6.07, 6.45) is 1.46. The Morgan fingerprint density at radius 1 is 1.80 bits per heavy atom. The van der Waals surface area contributed by atoms with Crippen LogP contribution in [0.1, 0.15) is 19.3 Å². The van der Waals surface area contributed by atoms with E-state index >= 15 is 0 Å². The Morgan fingerprint density at radius 3 is 2.80 bits per heavy atom. The van der Waals surface area contributed by atoms with Gasteiger partial charge in [-0.05, 0) is 19.3 Å². The smallest absolute Gasteiger partial charge is 0.124 e. The Hall–Kier alpha value is -0.620. The lowest BCUT2D eigenvalue weighted by Gasteiger charge is -2.14. The standard InChI is InChI=1S/C7H11FN2/c8-7(5-10)2-1-6(3-7)4-9/h6H,1-3,5,10H2/t6?,7-/m1/s1. The van der Waals surface area contributed by atoms with Crippen LogP contribution in [-0.2, 0) is 0 Å². The van der Waals surface area contributed by atoms with E-state index in [-0.39, 0.29) is 12.5 Å². The van der Waals surface area contributed by atoms with E-state index in [0.717, 1.165) is 0 Å². The van der Waals surface area contributed by atoms with E-state index in [1.807, 2.05) is 0 Å². The minimum Gasteiger partial charge on any atom is -0.328 e. The fourth-order valence-electron chi connectivity index (χ4n) is 1.37. The summed E-state index contributed by atoms with van der Waals surface area (Å²) < 4.78 is 13.2. The molecule has 1 fully saturated rings. The molecular formula is C7H11FN2. The highest BCUT2D eigenvalue weighted by atomic mass is 19.1. The molecule has 1 aliphatic carbocycles. The summed E-state index contributed by atoms with van der Waals surface area (Å²) >= 11 is 0. The zero-order valence-electron chi connectivity index (χ0n) is 5.81. The van der Waals surface area contributed by atoms with Crippen LogP contribution in [0.15, 0.2) is 0 Å². The summed E-state index contributed by atoms with van der Waals surface area (Å²) in [7, 11) is 0. The van der Waals surface area contributed by atoms with Crippen LogP contribution in [0.5, 0.6) is 0 Å². The van der Waals surface area contributed by atoms with E-state index < -0.39 is 5.67 Å². The third-order valence-electron chi connectivity index (χ3n) is 2.10. The maximum atomic E-state index is 13.2.